The molecular formula is C21H30N4O2. The third-order valence-electron chi connectivity index (χ3n) is 5.54. The van der Waals surface area contributed by atoms with Crippen LogP contribution >= 0.6 is 0 Å². The first-order valence-electron chi connectivity index (χ1n) is 9.75. The Morgan fingerprint density at radius 3 is 2.89 bits per heavy atom. The number of fused-ring (bicyclic) bond motifs is 1. The van der Waals surface area contributed by atoms with E-state index in [9.17, 15) is 9.59 Å². The lowest BCUT2D eigenvalue weighted by molar-refractivity contribution is -0.137. The van der Waals surface area contributed by atoms with Crippen LogP contribution in [0.15, 0.2) is 30.5 Å². The maximum absolute atomic E-state index is 12.6. The lowest BCUT2D eigenvalue weighted by Gasteiger charge is -2.36. The van der Waals surface area contributed by atoms with Crippen LogP contribution in [-0.4, -0.2) is 66.4 Å². The van der Waals surface area contributed by atoms with Crippen molar-refractivity contribution in [2.24, 2.45) is 5.92 Å². The Morgan fingerprint density at radius 2 is 2.11 bits per heavy atom. The van der Waals surface area contributed by atoms with Crippen molar-refractivity contribution < 1.29 is 9.59 Å². The molecule has 1 saturated heterocycles. The summed E-state index contributed by atoms with van der Waals surface area (Å²) in [6.07, 6.45) is 4.67. The number of H-pyrrole nitrogens is 1. The van der Waals surface area contributed by atoms with Crippen LogP contribution in [0.2, 0.25) is 0 Å². The number of rotatable bonds is 6. The minimum absolute atomic E-state index is 0.00443. The monoisotopic (exact) mass is 370 g/mol. The summed E-state index contributed by atoms with van der Waals surface area (Å²) in [4.78, 5) is 31.9. The van der Waals surface area contributed by atoms with Crippen LogP contribution in [0.5, 0.6) is 0 Å². The van der Waals surface area contributed by atoms with Crippen molar-refractivity contribution in [3.05, 3.63) is 36.0 Å². The summed E-state index contributed by atoms with van der Waals surface area (Å²) in [7, 11) is 3.59. The largest absolute Gasteiger partial charge is 0.361 e. The van der Waals surface area contributed by atoms with Gasteiger partial charge in [0.05, 0.1) is 12.0 Å². The van der Waals surface area contributed by atoms with Crippen molar-refractivity contribution in [1.29, 1.82) is 0 Å². The highest BCUT2D eigenvalue weighted by molar-refractivity contribution is 5.84. The predicted octanol–water partition coefficient (Wildman–Crippen LogP) is 2.02. The van der Waals surface area contributed by atoms with Crippen LogP contribution in [0.1, 0.15) is 25.3 Å². The summed E-state index contributed by atoms with van der Waals surface area (Å²) >= 11 is 0. The van der Waals surface area contributed by atoms with Gasteiger partial charge in [0.1, 0.15) is 0 Å². The topological polar surface area (TPSA) is 68.4 Å². The third kappa shape index (κ3) is 4.50. The van der Waals surface area contributed by atoms with E-state index in [0.717, 1.165) is 31.3 Å². The van der Waals surface area contributed by atoms with E-state index in [0.29, 0.717) is 13.1 Å². The Bertz CT molecular complexity index is 798. The molecule has 3 rings (SSSR count). The number of amides is 2. The number of hydrogen-bond donors (Lipinski definition) is 2. The van der Waals surface area contributed by atoms with Gasteiger partial charge in [-0.1, -0.05) is 18.2 Å². The van der Waals surface area contributed by atoms with Crippen LogP contribution in [0, 0.1) is 5.92 Å². The Morgan fingerprint density at radius 1 is 1.33 bits per heavy atom. The molecule has 146 valence electrons. The lowest BCUT2D eigenvalue weighted by Crippen LogP contribution is -2.51. The zero-order chi connectivity index (χ0) is 19.4. The molecule has 0 aliphatic carbocycles. The summed E-state index contributed by atoms with van der Waals surface area (Å²) in [5.74, 6) is 0.189. The predicted molar refractivity (Wildman–Crippen MR) is 107 cm³/mol. The Balaban J connectivity index is 1.51. The van der Waals surface area contributed by atoms with Gasteiger partial charge >= 0.3 is 0 Å². The van der Waals surface area contributed by atoms with Crippen molar-refractivity contribution in [1.82, 2.24) is 20.1 Å². The molecule has 2 unspecified atom stereocenters. The molecule has 2 atom stereocenters. The average Bonchev–Trinajstić information content (AvgIpc) is 3.10. The number of nitrogens with zero attached hydrogens (tertiary/aromatic N) is 2. The normalized spacial score (nSPS) is 19.0. The molecular weight excluding hydrogens is 340 g/mol. The maximum Gasteiger partial charge on any atom is 0.237 e. The molecule has 0 spiro atoms. The minimum Gasteiger partial charge on any atom is -0.361 e. The van der Waals surface area contributed by atoms with Crippen LogP contribution in [-0.2, 0) is 16.0 Å². The first-order valence-corrected chi connectivity index (χ1v) is 9.75. The average molecular weight is 370 g/mol. The number of carbonyl (C=O) groups excluding carboxylic acids is 2. The standard InChI is InChI=1S/C21H30N4O2/c1-15(25-12-6-7-17(14-25)21(27)24(2)3)20(26)22-11-10-16-13-23-19-9-5-4-8-18(16)19/h4-5,8-9,13,15,17,23H,6-7,10-12,14H2,1-3H3,(H,22,26). The van der Waals surface area contributed by atoms with Crippen LogP contribution in [0.4, 0.5) is 0 Å². The molecule has 2 aromatic rings. The first-order chi connectivity index (χ1) is 13.0. The van der Waals surface area contributed by atoms with Gasteiger partial charge in [-0.3, -0.25) is 14.5 Å². The second kappa shape index (κ2) is 8.57. The van der Waals surface area contributed by atoms with Gasteiger partial charge in [0.2, 0.25) is 11.8 Å². The molecule has 0 saturated carbocycles. The summed E-state index contributed by atoms with van der Waals surface area (Å²) < 4.78 is 0. The quantitative estimate of drug-likeness (QED) is 0.817. The van der Waals surface area contributed by atoms with E-state index in [1.54, 1.807) is 19.0 Å². The van der Waals surface area contributed by atoms with Crippen LogP contribution in [0.3, 0.4) is 0 Å². The second-order valence-electron chi connectivity index (χ2n) is 7.64. The molecule has 2 N–H and O–H groups in total. The number of hydrogen-bond acceptors (Lipinski definition) is 3. The third-order valence-corrected chi connectivity index (χ3v) is 5.54. The molecule has 27 heavy (non-hydrogen) atoms. The Kier molecular flexibility index (Phi) is 6.16. The molecule has 1 aliphatic rings. The van der Waals surface area contributed by atoms with E-state index in [-0.39, 0.29) is 23.8 Å². The highest BCUT2D eigenvalue weighted by Crippen LogP contribution is 2.20. The Hall–Kier alpha value is -2.34. The molecule has 1 fully saturated rings. The van der Waals surface area contributed by atoms with E-state index >= 15 is 0 Å². The number of aromatic nitrogens is 1. The van der Waals surface area contributed by atoms with Gasteiger partial charge in [-0.15, -0.1) is 0 Å². The van der Waals surface area contributed by atoms with Gasteiger partial charge in [0.25, 0.3) is 0 Å². The van der Waals surface area contributed by atoms with Crippen molar-refractivity contribution in [2.75, 3.05) is 33.7 Å². The van der Waals surface area contributed by atoms with Gasteiger partial charge in [0, 0.05) is 44.3 Å². The van der Waals surface area contributed by atoms with Crippen molar-refractivity contribution in [2.45, 2.75) is 32.2 Å². The number of aromatic amines is 1. The van der Waals surface area contributed by atoms with Crippen molar-refractivity contribution >= 4 is 22.7 Å². The summed E-state index contributed by atoms with van der Waals surface area (Å²) in [6, 6.07) is 7.98. The number of likely N-dealkylation sites (tertiary alicyclic amines) is 1. The van der Waals surface area contributed by atoms with Gasteiger partial charge in [-0.05, 0) is 44.4 Å². The van der Waals surface area contributed by atoms with Crippen LogP contribution < -0.4 is 5.32 Å². The number of benzene rings is 1. The van der Waals surface area contributed by atoms with Crippen molar-refractivity contribution in [3.63, 3.8) is 0 Å². The molecule has 2 heterocycles. The lowest BCUT2D eigenvalue weighted by atomic mass is 9.95. The number of para-hydroxylation sites is 1. The first kappa shape index (κ1) is 19.4. The van der Waals surface area contributed by atoms with E-state index < -0.39 is 0 Å². The fraction of sp³-hybridized carbons (Fsp3) is 0.524. The van der Waals surface area contributed by atoms with E-state index in [2.05, 4.69) is 27.3 Å². The molecule has 6 heteroatoms. The van der Waals surface area contributed by atoms with Crippen LogP contribution in [0.25, 0.3) is 10.9 Å². The fourth-order valence-electron chi connectivity index (χ4n) is 3.90. The SMILES string of the molecule is CC(C(=O)NCCc1c[nH]c2ccccc12)N1CCCC(C(=O)N(C)C)C1. The number of piperidine rings is 1. The molecule has 2 amide bonds. The maximum atomic E-state index is 12.6. The van der Waals surface area contributed by atoms with E-state index in [1.165, 1.54) is 10.9 Å². The van der Waals surface area contributed by atoms with E-state index in [1.807, 2.05) is 25.3 Å². The zero-order valence-electron chi connectivity index (χ0n) is 16.5. The van der Waals surface area contributed by atoms with Gasteiger partial charge in [-0.25, -0.2) is 0 Å². The van der Waals surface area contributed by atoms with Gasteiger partial charge in [-0.2, -0.15) is 0 Å². The highest BCUT2D eigenvalue weighted by Gasteiger charge is 2.31. The molecule has 0 radical (unpaired) electrons. The molecule has 6 nitrogen and oxygen atoms in total. The highest BCUT2D eigenvalue weighted by atomic mass is 16.2. The zero-order valence-corrected chi connectivity index (χ0v) is 16.5. The Labute approximate surface area is 160 Å². The van der Waals surface area contributed by atoms with Gasteiger partial charge in [0.15, 0.2) is 0 Å². The smallest absolute Gasteiger partial charge is 0.237 e. The van der Waals surface area contributed by atoms with Crippen molar-refractivity contribution in [3.8, 4) is 0 Å². The second-order valence-corrected chi connectivity index (χ2v) is 7.64. The summed E-state index contributed by atoms with van der Waals surface area (Å²) in [5.41, 5.74) is 2.34. The van der Waals surface area contributed by atoms with E-state index in [4.69, 9.17) is 0 Å². The number of carbonyl (C=O) groups is 2. The molecule has 1 aromatic heterocycles. The minimum atomic E-state index is -0.217. The fourth-order valence-corrected chi connectivity index (χ4v) is 3.90. The summed E-state index contributed by atoms with van der Waals surface area (Å²) in [5, 5.41) is 4.27. The molecule has 1 aliphatic heterocycles. The molecule has 0 bridgehead atoms. The number of nitrogens with one attached hydrogen (secondary N) is 2. The van der Waals surface area contributed by atoms with Gasteiger partial charge < -0.3 is 15.2 Å². The molecule has 1 aromatic carbocycles. The summed E-state index contributed by atoms with van der Waals surface area (Å²) in [6.45, 7) is 4.07.